The van der Waals surface area contributed by atoms with E-state index < -0.39 is 36.9 Å². The van der Waals surface area contributed by atoms with Crippen LogP contribution in [-0.4, -0.2) is 57.3 Å². The van der Waals surface area contributed by atoms with Crippen molar-refractivity contribution >= 4 is 5.91 Å². The average Bonchev–Trinajstić information content (AvgIpc) is 3.03. The van der Waals surface area contributed by atoms with Crippen LogP contribution in [0.15, 0.2) is 24.3 Å². The number of hydrogen-bond donors (Lipinski definition) is 5. The lowest BCUT2D eigenvalue weighted by molar-refractivity contribution is -0.132. The summed E-state index contributed by atoms with van der Waals surface area (Å²) >= 11 is 0. The van der Waals surface area contributed by atoms with Crippen LogP contribution < -0.4 is 5.32 Å². The number of allylic oxidation sites excluding steroid dienone is 4. The van der Waals surface area contributed by atoms with E-state index >= 15 is 0 Å². The summed E-state index contributed by atoms with van der Waals surface area (Å²) in [6.07, 6.45) is 34.8. The fourth-order valence-corrected chi connectivity index (χ4v) is 5.57. The zero-order valence-corrected chi connectivity index (χ0v) is 28.9. The molecule has 0 rings (SSSR count). The Morgan fingerprint density at radius 1 is 0.545 bits per heavy atom. The highest BCUT2D eigenvalue weighted by molar-refractivity contribution is 5.80. The van der Waals surface area contributed by atoms with Crippen LogP contribution in [0.2, 0.25) is 0 Å². The van der Waals surface area contributed by atoms with Crippen LogP contribution in [0.4, 0.5) is 0 Å². The van der Waals surface area contributed by atoms with E-state index in [1.165, 1.54) is 103 Å². The number of aliphatic hydroxyl groups is 4. The predicted molar refractivity (Wildman–Crippen MR) is 187 cm³/mol. The van der Waals surface area contributed by atoms with Gasteiger partial charge in [-0.1, -0.05) is 141 Å². The van der Waals surface area contributed by atoms with Crippen molar-refractivity contribution < 1.29 is 25.2 Å². The molecule has 0 aromatic rings. The van der Waals surface area contributed by atoms with Crippen LogP contribution in [0.25, 0.3) is 0 Å². The maximum atomic E-state index is 12.4. The van der Waals surface area contributed by atoms with Crippen LogP contribution in [0.1, 0.15) is 181 Å². The summed E-state index contributed by atoms with van der Waals surface area (Å²) in [7, 11) is 0. The molecule has 4 unspecified atom stereocenters. The van der Waals surface area contributed by atoms with E-state index in [1.807, 2.05) is 0 Å². The topological polar surface area (TPSA) is 110 Å². The van der Waals surface area contributed by atoms with Gasteiger partial charge in [0.05, 0.1) is 18.8 Å². The summed E-state index contributed by atoms with van der Waals surface area (Å²) in [5.74, 6) is -0.604. The Labute approximate surface area is 272 Å². The molecule has 0 spiro atoms. The van der Waals surface area contributed by atoms with E-state index in [4.69, 9.17) is 0 Å². The number of unbranched alkanes of at least 4 members (excludes halogenated alkanes) is 20. The lowest BCUT2D eigenvalue weighted by atomic mass is 10.00. The largest absolute Gasteiger partial charge is 0.394 e. The Bertz CT molecular complexity index is 668. The number of carbonyl (C=O) groups is 1. The summed E-state index contributed by atoms with van der Waals surface area (Å²) in [6.45, 7) is 4.00. The van der Waals surface area contributed by atoms with Crippen LogP contribution in [-0.2, 0) is 4.79 Å². The molecule has 0 aromatic heterocycles. The van der Waals surface area contributed by atoms with Crippen molar-refractivity contribution in [1.29, 1.82) is 0 Å². The maximum absolute atomic E-state index is 12.4. The molecule has 0 heterocycles. The molecular weight excluding hydrogens is 550 g/mol. The third-order valence-electron chi connectivity index (χ3n) is 8.63. The fourth-order valence-electron chi connectivity index (χ4n) is 5.57. The fraction of sp³-hybridized carbons (Fsp3) is 0.868. The first-order valence-electron chi connectivity index (χ1n) is 18.7. The molecule has 0 saturated carbocycles. The zero-order chi connectivity index (χ0) is 32.5. The van der Waals surface area contributed by atoms with Crippen molar-refractivity contribution in [3.05, 3.63) is 24.3 Å². The number of aliphatic hydroxyl groups excluding tert-OH is 4. The van der Waals surface area contributed by atoms with E-state index in [2.05, 4.69) is 43.5 Å². The molecule has 6 heteroatoms. The number of amides is 1. The van der Waals surface area contributed by atoms with Crippen molar-refractivity contribution in [2.75, 3.05) is 6.61 Å². The molecule has 0 fully saturated rings. The maximum Gasteiger partial charge on any atom is 0.249 e. The number of carbonyl (C=O) groups excluding carboxylic acids is 1. The van der Waals surface area contributed by atoms with E-state index in [9.17, 15) is 25.2 Å². The number of hydrogen-bond acceptors (Lipinski definition) is 5. The third-order valence-corrected chi connectivity index (χ3v) is 8.63. The van der Waals surface area contributed by atoms with Crippen LogP contribution in [0.3, 0.4) is 0 Å². The molecule has 44 heavy (non-hydrogen) atoms. The summed E-state index contributed by atoms with van der Waals surface area (Å²) in [5, 5.41) is 43.4. The van der Waals surface area contributed by atoms with E-state index in [0.717, 1.165) is 51.4 Å². The zero-order valence-electron chi connectivity index (χ0n) is 28.9. The molecule has 1 amide bonds. The third kappa shape index (κ3) is 27.1. The monoisotopic (exact) mass is 624 g/mol. The molecule has 4 atom stereocenters. The van der Waals surface area contributed by atoms with Crippen molar-refractivity contribution in [3.63, 3.8) is 0 Å². The standard InChI is InChI=1S/C38H73NO5/c1-3-5-7-9-11-13-15-17-18-20-22-24-26-28-30-32-36(42)38(44)39-34(33-40)37(43)35(41)31-29-27-25-23-21-19-16-14-12-10-8-6-4-2/h18,20,23,25,34-37,40-43H,3-17,19,21-22,24,26-33H2,1-2H3,(H,39,44)/b20-18-,25-23+. The van der Waals surface area contributed by atoms with Crippen molar-refractivity contribution in [1.82, 2.24) is 5.32 Å². The Kier molecular flexibility index (Phi) is 32.2. The number of rotatable bonds is 33. The van der Waals surface area contributed by atoms with Gasteiger partial charge in [0.2, 0.25) is 5.91 Å². The Balaban J connectivity index is 3.88. The van der Waals surface area contributed by atoms with Gasteiger partial charge in [-0.3, -0.25) is 4.79 Å². The summed E-state index contributed by atoms with van der Waals surface area (Å²) < 4.78 is 0. The molecular formula is C38H73NO5. The second-order valence-electron chi connectivity index (χ2n) is 12.9. The Hall–Kier alpha value is -1.21. The van der Waals surface area contributed by atoms with Gasteiger partial charge in [-0.05, 0) is 64.2 Å². The van der Waals surface area contributed by atoms with Crippen molar-refractivity contribution in [2.45, 2.75) is 205 Å². The second kappa shape index (κ2) is 33.2. The molecule has 0 saturated heterocycles. The highest BCUT2D eigenvalue weighted by atomic mass is 16.3. The first kappa shape index (κ1) is 42.8. The highest BCUT2D eigenvalue weighted by Gasteiger charge is 2.28. The SMILES string of the molecule is CCCCCCCCC/C=C\CCCCCCC(O)C(=O)NC(CO)C(O)C(O)CCC/C=C/CCCCCCCCCC. The summed E-state index contributed by atoms with van der Waals surface area (Å²) in [6, 6.07) is -1.00. The molecule has 0 aliphatic rings. The molecule has 0 bridgehead atoms. The van der Waals surface area contributed by atoms with Gasteiger partial charge in [0.15, 0.2) is 0 Å². The van der Waals surface area contributed by atoms with Gasteiger partial charge in [-0.2, -0.15) is 0 Å². The Morgan fingerprint density at radius 2 is 0.932 bits per heavy atom. The van der Waals surface area contributed by atoms with E-state index in [1.54, 1.807) is 0 Å². The molecule has 6 nitrogen and oxygen atoms in total. The van der Waals surface area contributed by atoms with Gasteiger partial charge >= 0.3 is 0 Å². The van der Waals surface area contributed by atoms with Gasteiger partial charge in [0.1, 0.15) is 12.2 Å². The van der Waals surface area contributed by atoms with Crippen LogP contribution in [0, 0.1) is 0 Å². The smallest absolute Gasteiger partial charge is 0.249 e. The Morgan fingerprint density at radius 3 is 1.36 bits per heavy atom. The minimum atomic E-state index is -1.28. The predicted octanol–water partition coefficient (Wildman–Crippen LogP) is 8.84. The van der Waals surface area contributed by atoms with Gasteiger partial charge < -0.3 is 25.7 Å². The van der Waals surface area contributed by atoms with Gasteiger partial charge in [0, 0.05) is 0 Å². The first-order valence-corrected chi connectivity index (χ1v) is 18.7. The lowest BCUT2D eigenvalue weighted by Crippen LogP contribution is -2.53. The van der Waals surface area contributed by atoms with Crippen LogP contribution in [0.5, 0.6) is 0 Å². The molecule has 0 aromatic carbocycles. The molecule has 260 valence electrons. The normalized spacial score (nSPS) is 14.8. The second-order valence-corrected chi connectivity index (χ2v) is 12.9. The minimum Gasteiger partial charge on any atom is -0.394 e. The van der Waals surface area contributed by atoms with Crippen LogP contribution >= 0.6 is 0 Å². The molecule has 0 radical (unpaired) electrons. The minimum absolute atomic E-state index is 0.349. The van der Waals surface area contributed by atoms with Gasteiger partial charge in [-0.25, -0.2) is 0 Å². The average molecular weight is 624 g/mol. The van der Waals surface area contributed by atoms with E-state index in [-0.39, 0.29) is 0 Å². The quantitative estimate of drug-likeness (QED) is 0.0371. The molecule has 0 aliphatic carbocycles. The number of nitrogens with one attached hydrogen (secondary N) is 1. The van der Waals surface area contributed by atoms with Crippen molar-refractivity contribution in [2.24, 2.45) is 0 Å². The van der Waals surface area contributed by atoms with E-state index in [0.29, 0.717) is 12.8 Å². The van der Waals surface area contributed by atoms with Gasteiger partial charge in [-0.15, -0.1) is 0 Å². The summed E-state index contributed by atoms with van der Waals surface area (Å²) in [4.78, 5) is 12.4. The first-order chi connectivity index (χ1) is 21.5. The molecule has 5 N–H and O–H groups in total. The van der Waals surface area contributed by atoms with Gasteiger partial charge in [0.25, 0.3) is 0 Å². The summed E-state index contributed by atoms with van der Waals surface area (Å²) in [5.41, 5.74) is 0. The highest BCUT2D eigenvalue weighted by Crippen LogP contribution is 2.14. The lowest BCUT2D eigenvalue weighted by Gasteiger charge is -2.27. The molecule has 0 aliphatic heterocycles. The van der Waals surface area contributed by atoms with Crippen molar-refractivity contribution in [3.8, 4) is 0 Å².